The van der Waals surface area contributed by atoms with Crippen LogP contribution in [0.25, 0.3) is 0 Å². The third-order valence-electron chi connectivity index (χ3n) is 6.66. The quantitative estimate of drug-likeness (QED) is 0.572. The number of fused-ring (bicyclic) bond motifs is 1. The number of halogens is 4. The van der Waals surface area contributed by atoms with Crippen LogP contribution in [0.4, 0.5) is 17.6 Å². The normalized spacial score (nSPS) is 18.2. The van der Waals surface area contributed by atoms with Crippen molar-refractivity contribution in [3.05, 3.63) is 47.3 Å². The predicted molar refractivity (Wildman–Crippen MR) is 124 cm³/mol. The number of nitrogens with one attached hydrogen (secondary N) is 1. The largest absolute Gasteiger partial charge is 0.490 e. The lowest BCUT2D eigenvalue weighted by Crippen LogP contribution is -2.44. The van der Waals surface area contributed by atoms with Crippen LogP contribution in [0.5, 0.6) is 0 Å². The van der Waals surface area contributed by atoms with Gasteiger partial charge in [0.15, 0.2) is 5.82 Å². The van der Waals surface area contributed by atoms with Gasteiger partial charge in [-0.15, -0.1) is 10.2 Å². The van der Waals surface area contributed by atoms with E-state index in [0.29, 0.717) is 38.0 Å². The highest BCUT2D eigenvalue weighted by atomic mass is 19.4. The molecule has 37 heavy (non-hydrogen) atoms. The molecule has 1 aromatic heterocycles. The SMILES string of the molecule is CCC(C)NC(=O)c1nnc2n1CC1(CCN(Cc3ccccc3F)CC1)COC2.O=C(O)C(F)(F)F. The summed E-state index contributed by atoms with van der Waals surface area (Å²) in [5.74, 6) is -2.02. The number of hydrogen-bond donors (Lipinski definition) is 2. The van der Waals surface area contributed by atoms with E-state index in [1.54, 1.807) is 6.07 Å². The summed E-state index contributed by atoms with van der Waals surface area (Å²) in [4.78, 5) is 23.9. The van der Waals surface area contributed by atoms with Crippen molar-refractivity contribution in [1.82, 2.24) is 25.0 Å². The Hall–Kier alpha value is -3.06. The molecular weight excluding hydrogens is 498 g/mol. The van der Waals surface area contributed by atoms with Crippen LogP contribution in [0.1, 0.15) is 55.1 Å². The van der Waals surface area contributed by atoms with Gasteiger partial charge in [-0.25, -0.2) is 9.18 Å². The van der Waals surface area contributed by atoms with E-state index >= 15 is 0 Å². The second-order valence-corrected chi connectivity index (χ2v) is 9.47. The van der Waals surface area contributed by atoms with Gasteiger partial charge in [-0.1, -0.05) is 25.1 Å². The molecule has 13 heteroatoms. The zero-order valence-corrected chi connectivity index (χ0v) is 20.7. The summed E-state index contributed by atoms with van der Waals surface area (Å²) in [6, 6.07) is 7.05. The first-order chi connectivity index (χ1) is 17.4. The molecule has 9 nitrogen and oxygen atoms in total. The van der Waals surface area contributed by atoms with Crippen LogP contribution in [-0.2, 0) is 29.2 Å². The number of rotatable bonds is 5. The maximum absolute atomic E-state index is 14.0. The Labute approximate surface area is 211 Å². The van der Waals surface area contributed by atoms with E-state index in [1.807, 2.05) is 30.5 Å². The van der Waals surface area contributed by atoms with Crippen LogP contribution >= 0.6 is 0 Å². The molecule has 0 saturated carbocycles. The number of ether oxygens (including phenoxy) is 1. The Morgan fingerprint density at radius 3 is 2.46 bits per heavy atom. The number of carbonyl (C=O) groups excluding carboxylic acids is 1. The summed E-state index contributed by atoms with van der Waals surface area (Å²) in [5.41, 5.74) is 0.667. The second-order valence-electron chi connectivity index (χ2n) is 9.47. The minimum atomic E-state index is -5.08. The zero-order valence-electron chi connectivity index (χ0n) is 20.7. The number of amides is 1. The van der Waals surface area contributed by atoms with Gasteiger partial charge in [0.2, 0.25) is 5.82 Å². The molecule has 1 atom stereocenters. The molecule has 1 unspecified atom stereocenters. The molecule has 1 fully saturated rings. The first-order valence-electron chi connectivity index (χ1n) is 12.0. The van der Waals surface area contributed by atoms with E-state index in [0.717, 1.165) is 37.9 Å². The third-order valence-corrected chi connectivity index (χ3v) is 6.66. The number of likely N-dealkylation sites (tertiary alicyclic amines) is 1. The number of carbonyl (C=O) groups is 2. The molecule has 0 radical (unpaired) electrons. The fraction of sp³-hybridized carbons (Fsp3) is 0.583. The van der Waals surface area contributed by atoms with Crippen molar-refractivity contribution >= 4 is 11.9 Å². The Bertz CT molecular complexity index is 1080. The van der Waals surface area contributed by atoms with Crippen LogP contribution < -0.4 is 5.32 Å². The van der Waals surface area contributed by atoms with Crippen molar-refractivity contribution in [1.29, 1.82) is 0 Å². The molecule has 0 aliphatic carbocycles. The lowest BCUT2D eigenvalue weighted by atomic mass is 9.78. The number of aromatic nitrogens is 3. The summed E-state index contributed by atoms with van der Waals surface area (Å²) in [6.45, 7) is 8.03. The first kappa shape index (κ1) is 28.5. The topological polar surface area (TPSA) is 110 Å². The Morgan fingerprint density at radius 1 is 1.22 bits per heavy atom. The molecule has 204 valence electrons. The molecule has 2 aromatic rings. The molecule has 1 saturated heterocycles. The van der Waals surface area contributed by atoms with Crippen molar-refractivity contribution in [2.75, 3.05) is 19.7 Å². The number of nitrogens with zero attached hydrogens (tertiary/aromatic N) is 4. The standard InChI is InChI=1S/C22H30FN5O2.C2HF3O2/c1-3-16(2)24-21(29)20-26-25-19-13-30-15-22(14-28(19)20)8-10-27(11-9-22)12-17-6-4-5-7-18(17)23;3-2(4,5)1(6)7/h4-7,16H,3,8-15H2,1-2H3,(H,24,29);(H,6,7). The summed E-state index contributed by atoms with van der Waals surface area (Å²) < 4.78 is 53.6. The van der Waals surface area contributed by atoms with Crippen molar-refractivity contribution in [3.63, 3.8) is 0 Å². The van der Waals surface area contributed by atoms with Crippen LogP contribution in [0.15, 0.2) is 24.3 Å². The highest BCUT2D eigenvalue weighted by molar-refractivity contribution is 5.90. The zero-order chi connectivity index (χ0) is 27.2. The molecule has 2 aliphatic rings. The van der Waals surface area contributed by atoms with Crippen LogP contribution in [0, 0.1) is 11.2 Å². The van der Waals surface area contributed by atoms with E-state index in [1.165, 1.54) is 6.07 Å². The van der Waals surface area contributed by atoms with Crippen LogP contribution in [0.2, 0.25) is 0 Å². The minimum absolute atomic E-state index is 0.0647. The van der Waals surface area contributed by atoms with Gasteiger partial charge in [-0.2, -0.15) is 13.2 Å². The van der Waals surface area contributed by atoms with E-state index < -0.39 is 12.1 Å². The monoisotopic (exact) mass is 529 g/mol. The van der Waals surface area contributed by atoms with Gasteiger partial charge in [-0.3, -0.25) is 9.69 Å². The number of aliphatic carboxylic acids is 1. The van der Waals surface area contributed by atoms with Gasteiger partial charge in [0.25, 0.3) is 5.91 Å². The van der Waals surface area contributed by atoms with E-state index in [4.69, 9.17) is 14.6 Å². The van der Waals surface area contributed by atoms with Crippen molar-refractivity contribution in [2.45, 2.75) is 65.0 Å². The molecule has 2 aliphatic heterocycles. The maximum Gasteiger partial charge on any atom is 0.490 e. The number of alkyl halides is 3. The Balaban J connectivity index is 0.000000479. The smallest absolute Gasteiger partial charge is 0.475 e. The van der Waals surface area contributed by atoms with Crippen LogP contribution in [-0.4, -0.2) is 68.6 Å². The van der Waals surface area contributed by atoms with E-state index in [9.17, 15) is 22.4 Å². The molecule has 1 spiro atoms. The fourth-order valence-electron chi connectivity index (χ4n) is 4.26. The minimum Gasteiger partial charge on any atom is -0.475 e. The average molecular weight is 530 g/mol. The molecule has 4 rings (SSSR count). The third kappa shape index (κ3) is 7.48. The number of piperidine rings is 1. The van der Waals surface area contributed by atoms with E-state index in [-0.39, 0.29) is 23.2 Å². The molecular formula is C24H31F4N5O4. The maximum atomic E-state index is 14.0. The first-order valence-corrected chi connectivity index (χ1v) is 12.0. The lowest BCUT2D eigenvalue weighted by molar-refractivity contribution is -0.192. The number of carboxylic acid groups (broad SMARTS) is 1. The van der Waals surface area contributed by atoms with E-state index in [2.05, 4.69) is 20.4 Å². The van der Waals surface area contributed by atoms with Gasteiger partial charge in [0, 0.05) is 30.1 Å². The average Bonchev–Trinajstić information content (AvgIpc) is 3.15. The summed E-state index contributed by atoms with van der Waals surface area (Å²) in [6.07, 6.45) is -2.38. The van der Waals surface area contributed by atoms with Crippen molar-refractivity contribution in [2.24, 2.45) is 5.41 Å². The van der Waals surface area contributed by atoms with Gasteiger partial charge in [0.1, 0.15) is 12.4 Å². The van der Waals surface area contributed by atoms with Gasteiger partial charge >= 0.3 is 12.1 Å². The number of benzene rings is 1. The lowest BCUT2D eigenvalue weighted by Gasteiger charge is -2.41. The molecule has 1 aromatic carbocycles. The molecule has 1 amide bonds. The summed E-state index contributed by atoms with van der Waals surface area (Å²) in [5, 5.41) is 18.5. The fourth-order valence-corrected chi connectivity index (χ4v) is 4.26. The Morgan fingerprint density at radius 2 is 1.86 bits per heavy atom. The second kappa shape index (κ2) is 12.0. The van der Waals surface area contributed by atoms with Crippen molar-refractivity contribution in [3.8, 4) is 0 Å². The van der Waals surface area contributed by atoms with Gasteiger partial charge in [-0.05, 0) is 45.3 Å². The van der Waals surface area contributed by atoms with Gasteiger partial charge in [0.05, 0.1) is 6.61 Å². The molecule has 3 heterocycles. The number of hydrogen-bond acceptors (Lipinski definition) is 6. The predicted octanol–water partition coefficient (Wildman–Crippen LogP) is 3.39. The van der Waals surface area contributed by atoms with Crippen molar-refractivity contribution < 1.29 is 37.0 Å². The summed E-state index contributed by atoms with van der Waals surface area (Å²) in [7, 11) is 0. The Kier molecular flexibility index (Phi) is 9.24. The molecule has 0 bridgehead atoms. The number of carboxylic acids is 1. The highest BCUT2D eigenvalue weighted by Gasteiger charge is 2.39. The van der Waals surface area contributed by atoms with Crippen LogP contribution in [0.3, 0.4) is 0 Å². The summed E-state index contributed by atoms with van der Waals surface area (Å²) >= 11 is 0. The molecule has 2 N–H and O–H groups in total. The van der Waals surface area contributed by atoms with Gasteiger partial charge < -0.3 is 19.7 Å². The highest BCUT2D eigenvalue weighted by Crippen LogP contribution is 2.37.